The third-order valence-corrected chi connectivity index (χ3v) is 7.28. The molecule has 0 bridgehead atoms. The molecular weight excluding hydrogens is 508 g/mol. The number of hydrazone groups is 2. The summed E-state index contributed by atoms with van der Waals surface area (Å²) in [6.07, 6.45) is 0. The molecule has 0 spiro atoms. The lowest BCUT2D eigenvalue weighted by molar-refractivity contribution is -0.139. The highest BCUT2D eigenvalue weighted by Gasteiger charge is 2.23. The molecule has 2 aromatic heterocycles. The van der Waals surface area contributed by atoms with Crippen molar-refractivity contribution in [1.29, 1.82) is 0 Å². The van der Waals surface area contributed by atoms with E-state index in [0.29, 0.717) is 32.3 Å². The lowest BCUT2D eigenvalue weighted by Gasteiger charge is -2.04. The van der Waals surface area contributed by atoms with Gasteiger partial charge in [-0.15, -0.1) is 22.7 Å². The first-order valence-electron chi connectivity index (χ1n) is 10.8. The molecule has 2 aromatic rings. The van der Waals surface area contributed by atoms with Crippen molar-refractivity contribution in [3.05, 3.63) is 32.0 Å². The van der Waals surface area contributed by atoms with E-state index in [1.807, 2.05) is 0 Å². The fourth-order valence-corrected chi connectivity index (χ4v) is 5.16. The maximum Gasteiger partial charge on any atom is 0.341 e. The van der Waals surface area contributed by atoms with Crippen LogP contribution in [-0.2, 0) is 19.1 Å². The van der Waals surface area contributed by atoms with Crippen molar-refractivity contribution in [3.63, 3.8) is 0 Å². The van der Waals surface area contributed by atoms with E-state index in [2.05, 4.69) is 21.1 Å². The number of nitrogens with two attached hydrogens (primary N) is 2. The van der Waals surface area contributed by atoms with Crippen molar-refractivity contribution in [2.24, 2.45) is 10.2 Å². The minimum Gasteiger partial charge on any atom is -0.462 e. The zero-order valence-corrected chi connectivity index (χ0v) is 22.4. The first-order valence-corrected chi connectivity index (χ1v) is 12.4. The highest BCUT2D eigenvalue weighted by atomic mass is 32.1. The Bertz CT molecular complexity index is 1160. The van der Waals surface area contributed by atoms with E-state index >= 15 is 0 Å². The number of ether oxygens (including phenoxy) is 2. The summed E-state index contributed by atoms with van der Waals surface area (Å²) in [5.74, 6) is -3.21. The molecule has 36 heavy (non-hydrogen) atoms. The smallest absolute Gasteiger partial charge is 0.341 e. The zero-order valence-electron chi connectivity index (χ0n) is 20.7. The number of nitrogens with zero attached hydrogens (tertiary/aromatic N) is 2. The van der Waals surface area contributed by atoms with Crippen molar-refractivity contribution < 1.29 is 28.7 Å². The molecular formula is C22H28N6O6S2. The van der Waals surface area contributed by atoms with Gasteiger partial charge in [-0.25, -0.2) is 20.4 Å². The van der Waals surface area contributed by atoms with Crippen molar-refractivity contribution in [3.8, 4) is 0 Å². The Hall–Kier alpha value is -3.78. The molecule has 2 amide bonds. The topological polar surface area (TPSA) is 188 Å². The van der Waals surface area contributed by atoms with E-state index in [4.69, 9.17) is 20.9 Å². The molecule has 0 atom stereocenters. The van der Waals surface area contributed by atoms with E-state index in [1.165, 1.54) is 0 Å². The van der Waals surface area contributed by atoms with Gasteiger partial charge in [0.15, 0.2) is 0 Å². The van der Waals surface area contributed by atoms with Crippen LogP contribution in [-0.4, -0.2) is 48.4 Å². The van der Waals surface area contributed by atoms with Crippen LogP contribution in [0.15, 0.2) is 10.2 Å². The summed E-state index contributed by atoms with van der Waals surface area (Å²) in [6.45, 7) is 10.3. The Morgan fingerprint density at radius 2 is 1.08 bits per heavy atom. The molecule has 0 aliphatic rings. The van der Waals surface area contributed by atoms with Gasteiger partial charge in [0.25, 0.3) is 0 Å². The van der Waals surface area contributed by atoms with E-state index in [-0.39, 0.29) is 34.3 Å². The molecule has 6 N–H and O–H groups in total. The summed E-state index contributed by atoms with van der Waals surface area (Å²) in [5.41, 5.74) is 18.5. The van der Waals surface area contributed by atoms with Crippen molar-refractivity contribution in [2.45, 2.75) is 41.5 Å². The van der Waals surface area contributed by atoms with Gasteiger partial charge in [-0.3, -0.25) is 9.59 Å². The molecule has 0 saturated heterocycles. The fourth-order valence-electron chi connectivity index (χ4n) is 3.15. The first-order chi connectivity index (χ1) is 16.9. The highest BCUT2D eigenvalue weighted by Crippen LogP contribution is 2.32. The minimum absolute atomic E-state index is 0.203. The molecule has 0 fully saturated rings. The summed E-state index contributed by atoms with van der Waals surface area (Å²) in [6, 6.07) is 0. The second-order valence-electron chi connectivity index (χ2n) is 7.31. The highest BCUT2D eigenvalue weighted by molar-refractivity contribution is 7.18. The first kappa shape index (κ1) is 28.5. The molecule has 0 unspecified atom stereocenters. The summed E-state index contributed by atoms with van der Waals surface area (Å²) >= 11 is 2.23. The normalized spacial score (nSPS) is 11.7. The van der Waals surface area contributed by atoms with Gasteiger partial charge in [0.05, 0.1) is 45.5 Å². The van der Waals surface area contributed by atoms with Crippen LogP contribution in [0.2, 0.25) is 0 Å². The fraction of sp³-hybridized carbons (Fsp3) is 0.364. The molecule has 0 radical (unpaired) electrons. The van der Waals surface area contributed by atoms with Crippen LogP contribution in [0.1, 0.15) is 69.3 Å². The predicted molar refractivity (Wildman–Crippen MR) is 140 cm³/mol. The van der Waals surface area contributed by atoms with Crippen LogP contribution in [0.3, 0.4) is 0 Å². The number of anilines is 2. The molecule has 2 rings (SSSR count). The summed E-state index contributed by atoms with van der Waals surface area (Å²) in [7, 11) is 0. The minimum atomic E-state index is -1.06. The van der Waals surface area contributed by atoms with Gasteiger partial charge in [-0.05, 0) is 52.7 Å². The molecule has 12 nitrogen and oxygen atoms in total. The molecule has 194 valence electrons. The van der Waals surface area contributed by atoms with Crippen molar-refractivity contribution in [1.82, 2.24) is 10.9 Å². The lowest BCUT2D eigenvalue weighted by Crippen LogP contribution is -2.36. The average Bonchev–Trinajstić information content (AvgIpc) is 3.29. The maximum atomic E-state index is 12.2. The molecule has 2 heterocycles. The molecule has 0 aliphatic heterocycles. The number of hydrogen-bond donors (Lipinski definition) is 4. The molecule has 0 saturated carbocycles. The number of thiophene rings is 2. The molecule has 0 aliphatic carbocycles. The largest absolute Gasteiger partial charge is 0.462 e. The Morgan fingerprint density at radius 1 is 0.750 bits per heavy atom. The van der Waals surface area contributed by atoms with Gasteiger partial charge >= 0.3 is 23.8 Å². The lowest BCUT2D eigenvalue weighted by atomic mass is 10.1. The summed E-state index contributed by atoms with van der Waals surface area (Å²) in [4.78, 5) is 49.7. The van der Waals surface area contributed by atoms with Gasteiger partial charge in [0.1, 0.15) is 10.0 Å². The van der Waals surface area contributed by atoms with Crippen LogP contribution in [0.5, 0.6) is 0 Å². The van der Waals surface area contributed by atoms with Gasteiger partial charge < -0.3 is 20.9 Å². The second-order valence-corrected chi connectivity index (χ2v) is 9.41. The number of carbonyl (C=O) groups is 4. The number of esters is 2. The number of hydrogen-bond acceptors (Lipinski definition) is 12. The molecule has 0 aromatic carbocycles. The quantitative estimate of drug-likeness (QED) is 0.171. The van der Waals surface area contributed by atoms with E-state index in [0.717, 1.165) is 22.7 Å². The summed E-state index contributed by atoms with van der Waals surface area (Å²) < 4.78 is 10.0. The van der Waals surface area contributed by atoms with E-state index < -0.39 is 23.8 Å². The maximum absolute atomic E-state index is 12.2. The van der Waals surface area contributed by atoms with Crippen LogP contribution >= 0.6 is 22.7 Å². The van der Waals surface area contributed by atoms with E-state index in [1.54, 1.807) is 41.5 Å². The van der Waals surface area contributed by atoms with Crippen molar-refractivity contribution >= 4 is 67.9 Å². The van der Waals surface area contributed by atoms with Gasteiger partial charge in [-0.1, -0.05) is 0 Å². The van der Waals surface area contributed by atoms with Crippen LogP contribution in [0.4, 0.5) is 10.0 Å². The third-order valence-electron chi connectivity index (χ3n) is 4.82. The van der Waals surface area contributed by atoms with E-state index in [9.17, 15) is 19.2 Å². The number of nitrogens with one attached hydrogen (secondary N) is 2. The zero-order chi connectivity index (χ0) is 27.2. The number of rotatable bonds is 8. The van der Waals surface area contributed by atoms with Gasteiger partial charge in [-0.2, -0.15) is 10.2 Å². The third kappa shape index (κ3) is 6.26. The monoisotopic (exact) mass is 536 g/mol. The van der Waals surface area contributed by atoms with Crippen LogP contribution in [0.25, 0.3) is 0 Å². The summed E-state index contributed by atoms with van der Waals surface area (Å²) in [5, 5.41) is 8.39. The Kier molecular flexibility index (Phi) is 9.69. The van der Waals surface area contributed by atoms with Crippen LogP contribution in [0, 0.1) is 13.8 Å². The predicted octanol–water partition coefficient (Wildman–Crippen LogP) is 2.32. The SMILES string of the molecule is CCOC(=O)c1c(N)sc(C(C)=NNC(=O)C(=O)NN=C(C)c2sc(N)c(C(=O)OCC)c2C)c1C. The molecule has 14 heteroatoms. The standard InChI is InChI=1S/C22H28N6O6S2/c1-7-33-21(31)13-9(3)15(35-17(13)23)11(5)25-27-19(29)20(30)28-26-12(6)16-10(4)14(18(24)36-16)22(32)34-8-2/h7-8,23-24H2,1-6H3,(H,27,29)(H,28,30). The Balaban J connectivity index is 2.10. The van der Waals surface area contributed by atoms with Gasteiger partial charge in [0.2, 0.25) is 0 Å². The van der Waals surface area contributed by atoms with Crippen molar-refractivity contribution in [2.75, 3.05) is 24.7 Å². The van der Waals surface area contributed by atoms with Gasteiger partial charge in [0, 0.05) is 0 Å². The Labute approximate surface area is 215 Å². The number of carbonyl (C=O) groups excluding carboxylic acids is 4. The second kappa shape index (κ2) is 12.3. The number of amides is 2. The average molecular weight is 537 g/mol. The Morgan fingerprint density at radius 3 is 1.39 bits per heavy atom. The number of nitrogen functional groups attached to an aromatic ring is 2. The van der Waals surface area contributed by atoms with Crippen LogP contribution < -0.4 is 22.3 Å².